The number of unbranched alkanes of at least 4 members (excludes halogenated alkanes) is 1. The molecule has 0 aromatic carbocycles. The van der Waals surface area contributed by atoms with E-state index < -0.39 is 0 Å². The van der Waals surface area contributed by atoms with Gasteiger partial charge in [-0.15, -0.1) is 0 Å². The number of ether oxygens (including phenoxy) is 8. The molecule has 2 heterocycles. The molecule has 3 amide bonds. The van der Waals surface area contributed by atoms with Crippen LogP contribution in [-0.4, -0.2) is 154 Å². The summed E-state index contributed by atoms with van der Waals surface area (Å²) in [7, 11) is 0. The van der Waals surface area contributed by atoms with E-state index in [1.165, 1.54) is 0 Å². The first-order valence-electron chi connectivity index (χ1n) is 15.5. The molecule has 5 N–H and O–H groups in total. The first-order chi connectivity index (χ1) is 21.2. The van der Waals surface area contributed by atoms with Gasteiger partial charge in [-0.3, -0.25) is 4.79 Å². The fraction of sp³-hybridized carbons (Fsp3) is 0.929. The minimum atomic E-state index is -0.0583. The molecule has 0 aromatic rings. The van der Waals surface area contributed by atoms with Crippen LogP contribution in [0, 0.1) is 0 Å². The second-order valence-corrected chi connectivity index (χ2v) is 11.2. The lowest BCUT2D eigenvalue weighted by Gasteiger charge is -2.16. The predicted octanol–water partition coefficient (Wildman–Crippen LogP) is -0.0801. The van der Waals surface area contributed by atoms with Crippen LogP contribution in [0.1, 0.15) is 25.7 Å². The van der Waals surface area contributed by atoms with Gasteiger partial charge in [0.25, 0.3) is 0 Å². The molecule has 252 valence electrons. The molecule has 0 spiro atoms. The van der Waals surface area contributed by atoms with Crippen molar-refractivity contribution in [3.05, 3.63) is 0 Å². The average Bonchev–Trinajstić information content (AvgIpc) is 3.56. The summed E-state index contributed by atoms with van der Waals surface area (Å²) in [5.74, 6) is 1.01. The molecule has 0 aliphatic carbocycles. The number of rotatable bonds is 31. The third-order valence-corrected chi connectivity index (χ3v) is 8.02. The van der Waals surface area contributed by atoms with E-state index in [1.54, 1.807) is 0 Å². The van der Waals surface area contributed by atoms with Crippen molar-refractivity contribution in [3.8, 4) is 0 Å². The van der Waals surface area contributed by atoms with Gasteiger partial charge in [0.15, 0.2) is 0 Å². The number of thioether (sulfide) groups is 1. The Morgan fingerprint density at radius 2 is 1.16 bits per heavy atom. The first-order valence-corrected chi connectivity index (χ1v) is 16.5. The molecular weight excluding hydrogens is 584 g/mol. The quantitative estimate of drug-likeness (QED) is 0.0589. The Morgan fingerprint density at radius 3 is 1.65 bits per heavy atom. The highest BCUT2D eigenvalue weighted by Crippen LogP contribution is 2.33. The van der Waals surface area contributed by atoms with Crippen LogP contribution < -0.4 is 21.7 Å². The zero-order chi connectivity index (χ0) is 30.6. The maximum absolute atomic E-state index is 12.0. The summed E-state index contributed by atoms with van der Waals surface area (Å²) in [6, 6.07) is 0.418. The van der Waals surface area contributed by atoms with Crippen molar-refractivity contribution in [2.75, 3.05) is 125 Å². The predicted molar refractivity (Wildman–Crippen MR) is 163 cm³/mol. The molecule has 2 aliphatic rings. The second-order valence-electron chi connectivity index (χ2n) is 9.91. The molecule has 2 aliphatic heterocycles. The van der Waals surface area contributed by atoms with E-state index in [0.717, 1.165) is 25.0 Å². The highest BCUT2D eigenvalue weighted by atomic mass is 32.2. The summed E-state index contributed by atoms with van der Waals surface area (Å²) in [5, 5.41) is 9.28. The van der Waals surface area contributed by atoms with Crippen LogP contribution in [0.5, 0.6) is 0 Å². The summed E-state index contributed by atoms with van der Waals surface area (Å²) in [6.07, 6.45) is 3.35. The van der Waals surface area contributed by atoms with Gasteiger partial charge in [0, 0.05) is 30.5 Å². The number of urea groups is 1. The van der Waals surface area contributed by atoms with Crippen molar-refractivity contribution in [3.63, 3.8) is 0 Å². The lowest BCUT2D eigenvalue weighted by Crippen LogP contribution is -2.36. The summed E-state index contributed by atoms with van der Waals surface area (Å²) in [5.41, 5.74) is 5.33. The number of nitrogens with one attached hydrogen (secondary N) is 3. The number of hydrogen-bond donors (Lipinski definition) is 4. The SMILES string of the molecule is NCCOCCOCCOCCOCCOCCOCCOCCOCCNC(=O)CCCCC1SC[C@H]2NC(=O)N[C@@H]12. The average molecular weight is 639 g/mol. The molecule has 2 rings (SSSR count). The monoisotopic (exact) mass is 638 g/mol. The second kappa shape index (κ2) is 27.1. The van der Waals surface area contributed by atoms with Gasteiger partial charge in [-0.05, 0) is 12.8 Å². The van der Waals surface area contributed by atoms with Gasteiger partial charge < -0.3 is 59.6 Å². The molecular formula is C28H54N4O10S. The van der Waals surface area contributed by atoms with Crippen LogP contribution in [-0.2, 0) is 42.7 Å². The van der Waals surface area contributed by atoms with Gasteiger partial charge in [0.2, 0.25) is 5.91 Å². The summed E-state index contributed by atoms with van der Waals surface area (Å²) >= 11 is 1.90. The Labute approximate surface area is 260 Å². The van der Waals surface area contributed by atoms with E-state index in [-0.39, 0.29) is 24.0 Å². The first kappa shape index (κ1) is 37.9. The molecule has 2 fully saturated rings. The molecule has 0 saturated carbocycles. The van der Waals surface area contributed by atoms with Crippen molar-refractivity contribution in [1.29, 1.82) is 0 Å². The minimum Gasteiger partial charge on any atom is -0.378 e. The Hall–Kier alpha value is -1.27. The standard InChI is InChI=1S/C28H54N4O10S/c29-5-7-35-9-11-37-13-15-39-17-19-41-21-22-42-20-18-40-16-14-38-12-10-36-8-6-30-26(33)4-2-1-3-25-27-24(23-43-25)31-28(34)32-27/h24-25,27H,1-23,29H2,(H,30,33)(H2,31,32,34)/t24-,25?,27-/m1/s1. The molecule has 15 heteroatoms. The zero-order valence-corrected chi connectivity index (χ0v) is 26.4. The van der Waals surface area contributed by atoms with Crippen LogP contribution in [0.2, 0.25) is 0 Å². The molecule has 0 radical (unpaired) electrons. The smallest absolute Gasteiger partial charge is 0.315 e. The summed E-state index contributed by atoms with van der Waals surface area (Å²) in [4.78, 5) is 23.4. The molecule has 43 heavy (non-hydrogen) atoms. The van der Waals surface area contributed by atoms with Crippen LogP contribution in [0.4, 0.5) is 4.79 Å². The maximum Gasteiger partial charge on any atom is 0.315 e. The van der Waals surface area contributed by atoms with Crippen LogP contribution >= 0.6 is 11.8 Å². The van der Waals surface area contributed by atoms with Crippen molar-refractivity contribution < 1.29 is 47.5 Å². The Morgan fingerprint density at radius 1 is 0.698 bits per heavy atom. The fourth-order valence-electron chi connectivity index (χ4n) is 4.35. The third kappa shape index (κ3) is 20.4. The third-order valence-electron chi connectivity index (χ3n) is 6.52. The van der Waals surface area contributed by atoms with Gasteiger partial charge in [0.1, 0.15) is 0 Å². The topological polar surface area (TPSA) is 170 Å². The van der Waals surface area contributed by atoms with Crippen LogP contribution in [0.15, 0.2) is 0 Å². The molecule has 1 unspecified atom stereocenters. The van der Waals surface area contributed by atoms with Crippen LogP contribution in [0.3, 0.4) is 0 Å². The number of fused-ring (bicyclic) bond motifs is 1. The largest absolute Gasteiger partial charge is 0.378 e. The van der Waals surface area contributed by atoms with Gasteiger partial charge in [-0.25, -0.2) is 4.79 Å². The molecule has 14 nitrogen and oxygen atoms in total. The van der Waals surface area contributed by atoms with Crippen molar-refractivity contribution >= 4 is 23.7 Å². The van der Waals surface area contributed by atoms with E-state index in [2.05, 4.69) is 16.0 Å². The van der Waals surface area contributed by atoms with Crippen molar-refractivity contribution in [2.45, 2.75) is 43.0 Å². The summed E-state index contributed by atoms with van der Waals surface area (Å²) < 4.78 is 43.3. The number of nitrogens with two attached hydrogens (primary N) is 1. The van der Waals surface area contributed by atoms with Gasteiger partial charge in [-0.2, -0.15) is 11.8 Å². The number of carbonyl (C=O) groups is 2. The van der Waals surface area contributed by atoms with Crippen molar-refractivity contribution in [2.24, 2.45) is 5.73 Å². The lowest BCUT2D eigenvalue weighted by atomic mass is 10.0. The summed E-state index contributed by atoms with van der Waals surface area (Å²) in [6.45, 7) is 9.11. The van der Waals surface area contributed by atoms with Gasteiger partial charge >= 0.3 is 6.03 Å². The number of hydrogen-bond acceptors (Lipinski definition) is 12. The minimum absolute atomic E-state index is 0.0467. The maximum atomic E-state index is 12.0. The van der Waals surface area contributed by atoms with Gasteiger partial charge in [-0.1, -0.05) is 6.42 Å². The molecule has 0 aromatic heterocycles. The molecule has 0 bridgehead atoms. The Balaban J connectivity index is 1.19. The highest BCUT2D eigenvalue weighted by Gasteiger charge is 2.42. The van der Waals surface area contributed by atoms with Crippen molar-refractivity contribution in [1.82, 2.24) is 16.0 Å². The van der Waals surface area contributed by atoms with E-state index in [4.69, 9.17) is 43.6 Å². The Bertz CT molecular complexity index is 700. The number of carbonyl (C=O) groups excluding carboxylic acids is 2. The molecule has 2 saturated heterocycles. The molecule has 3 atom stereocenters. The lowest BCUT2D eigenvalue weighted by molar-refractivity contribution is -0.121. The zero-order valence-electron chi connectivity index (χ0n) is 25.6. The van der Waals surface area contributed by atoms with E-state index >= 15 is 0 Å². The Kier molecular flexibility index (Phi) is 23.9. The van der Waals surface area contributed by atoms with E-state index in [0.29, 0.717) is 130 Å². The normalized spacial score (nSPS) is 19.4. The van der Waals surface area contributed by atoms with Crippen LogP contribution in [0.25, 0.3) is 0 Å². The van der Waals surface area contributed by atoms with E-state index in [1.807, 2.05) is 11.8 Å². The number of amides is 3. The van der Waals surface area contributed by atoms with E-state index in [9.17, 15) is 9.59 Å². The fourth-order valence-corrected chi connectivity index (χ4v) is 5.89. The van der Waals surface area contributed by atoms with Gasteiger partial charge in [0.05, 0.1) is 118 Å². The highest BCUT2D eigenvalue weighted by molar-refractivity contribution is 8.00.